The van der Waals surface area contributed by atoms with Crippen LogP contribution < -0.4 is 0 Å². The van der Waals surface area contributed by atoms with Crippen molar-refractivity contribution in [1.29, 1.82) is 0 Å². The zero-order chi connectivity index (χ0) is 11.5. The largest absolute Gasteiger partial charge is 0.444 e. The number of carbonyl (C=O) groups excluding carboxylic acids is 2. The van der Waals surface area contributed by atoms with Crippen molar-refractivity contribution in [3.63, 3.8) is 0 Å². The summed E-state index contributed by atoms with van der Waals surface area (Å²) in [6, 6.07) is 0. The van der Waals surface area contributed by atoms with Crippen molar-refractivity contribution in [2.45, 2.75) is 32.8 Å². The summed E-state index contributed by atoms with van der Waals surface area (Å²) in [7, 11) is 0. The highest BCUT2D eigenvalue weighted by molar-refractivity contribution is 5.71. The Morgan fingerprint density at radius 1 is 1.47 bits per heavy atom. The normalized spacial score (nSPS) is 19.4. The first-order chi connectivity index (χ1) is 6.92. The minimum atomic E-state index is -0.464. The van der Waals surface area contributed by atoms with E-state index >= 15 is 0 Å². The summed E-state index contributed by atoms with van der Waals surface area (Å²) < 4.78 is 5.22. The summed E-state index contributed by atoms with van der Waals surface area (Å²) in [5.74, 6) is 0. The van der Waals surface area contributed by atoms with E-state index in [2.05, 4.69) is 0 Å². The van der Waals surface area contributed by atoms with Crippen molar-refractivity contribution in [2.75, 3.05) is 13.1 Å². The number of rotatable bonds is 1. The fourth-order valence-corrected chi connectivity index (χ4v) is 1.40. The number of ether oxygens (including phenoxy) is 1. The Morgan fingerprint density at radius 2 is 2.13 bits per heavy atom. The average molecular weight is 211 g/mol. The third kappa shape index (κ3) is 3.73. The van der Waals surface area contributed by atoms with E-state index in [1.807, 2.05) is 20.8 Å². The molecule has 0 aromatic rings. The third-order valence-corrected chi connectivity index (χ3v) is 2.05. The van der Waals surface area contributed by atoms with E-state index in [4.69, 9.17) is 4.74 Å². The van der Waals surface area contributed by atoms with Gasteiger partial charge in [0, 0.05) is 13.1 Å². The second kappa shape index (κ2) is 4.47. The van der Waals surface area contributed by atoms with Gasteiger partial charge in [0.15, 0.2) is 0 Å². The highest BCUT2D eigenvalue weighted by atomic mass is 16.6. The smallest absolute Gasteiger partial charge is 0.410 e. The van der Waals surface area contributed by atoms with E-state index in [0.717, 1.165) is 18.3 Å². The number of likely N-dealkylation sites (tertiary alicyclic amines) is 1. The zero-order valence-electron chi connectivity index (χ0n) is 9.45. The quantitative estimate of drug-likeness (QED) is 0.490. The van der Waals surface area contributed by atoms with Gasteiger partial charge in [-0.15, -0.1) is 0 Å². The Morgan fingerprint density at radius 3 is 2.67 bits per heavy atom. The minimum absolute atomic E-state index is 0.309. The van der Waals surface area contributed by atoms with Crippen molar-refractivity contribution in [3.8, 4) is 0 Å². The summed E-state index contributed by atoms with van der Waals surface area (Å²) in [6.07, 6.45) is 2.73. The van der Waals surface area contributed by atoms with Crippen molar-refractivity contribution >= 4 is 12.4 Å². The first kappa shape index (κ1) is 11.8. The molecule has 1 heterocycles. The van der Waals surface area contributed by atoms with Crippen LogP contribution in [0.3, 0.4) is 0 Å². The van der Waals surface area contributed by atoms with Crippen LogP contribution in [-0.2, 0) is 9.53 Å². The molecule has 1 fully saturated rings. The van der Waals surface area contributed by atoms with Gasteiger partial charge in [-0.1, -0.05) is 0 Å². The first-order valence-corrected chi connectivity index (χ1v) is 5.03. The maximum atomic E-state index is 11.6. The Labute approximate surface area is 89.9 Å². The molecule has 4 heteroatoms. The third-order valence-electron chi connectivity index (χ3n) is 2.05. The van der Waals surface area contributed by atoms with Crippen molar-refractivity contribution in [3.05, 3.63) is 11.6 Å². The lowest BCUT2D eigenvalue weighted by molar-refractivity contribution is -0.104. The maximum Gasteiger partial charge on any atom is 0.410 e. The average Bonchev–Trinajstić information content (AvgIpc) is 2.50. The molecule has 0 aliphatic carbocycles. The second-order valence-corrected chi connectivity index (χ2v) is 4.61. The minimum Gasteiger partial charge on any atom is -0.444 e. The topological polar surface area (TPSA) is 46.6 Å². The van der Waals surface area contributed by atoms with Crippen molar-refractivity contribution in [1.82, 2.24) is 4.90 Å². The van der Waals surface area contributed by atoms with Crippen LogP contribution in [0.15, 0.2) is 11.6 Å². The maximum absolute atomic E-state index is 11.6. The molecule has 0 saturated carbocycles. The fourth-order valence-electron chi connectivity index (χ4n) is 1.40. The monoisotopic (exact) mass is 211 g/mol. The summed E-state index contributed by atoms with van der Waals surface area (Å²) in [6.45, 7) is 6.65. The highest BCUT2D eigenvalue weighted by Crippen LogP contribution is 2.18. The lowest BCUT2D eigenvalue weighted by Crippen LogP contribution is -2.34. The standard InChI is InChI=1S/C11H17NO3/c1-11(2,3)15-10(14)12-6-4-9(8-12)5-7-13/h5,7H,4,6,8H2,1-3H3/b9-5+. The molecule has 1 amide bonds. The predicted octanol–water partition coefficient (Wildman–Crippen LogP) is 1.75. The predicted molar refractivity (Wildman–Crippen MR) is 56.6 cm³/mol. The molecule has 15 heavy (non-hydrogen) atoms. The number of hydrogen-bond acceptors (Lipinski definition) is 3. The molecule has 0 N–H and O–H groups in total. The summed E-state index contributed by atoms with van der Waals surface area (Å²) in [4.78, 5) is 23.5. The van der Waals surface area contributed by atoms with Gasteiger partial charge >= 0.3 is 6.09 Å². The Hall–Kier alpha value is -1.32. The number of carbonyl (C=O) groups is 2. The molecule has 0 bridgehead atoms. The molecular formula is C11H17NO3. The van der Waals surface area contributed by atoms with Crippen molar-refractivity contribution in [2.24, 2.45) is 0 Å². The van der Waals surface area contributed by atoms with Crippen LogP contribution in [0, 0.1) is 0 Å². The van der Waals surface area contributed by atoms with Gasteiger partial charge in [-0.25, -0.2) is 4.79 Å². The van der Waals surface area contributed by atoms with Gasteiger partial charge < -0.3 is 9.64 Å². The molecule has 0 aromatic carbocycles. The van der Waals surface area contributed by atoms with E-state index in [-0.39, 0.29) is 6.09 Å². The van der Waals surface area contributed by atoms with Crippen LogP contribution in [0.1, 0.15) is 27.2 Å². The molecule has 0 radical (unpaired) electrons. The molecule has 0 spiro atoms. The van der Waals surface area contributed by atoms with Crippen LogP contribution in [-0.4, -0.2) is 36.0 Å². The van der Waals surface area contributed by atoms with E-state index in [9.17, 15) is 9.59 Å². The van der Waals surface area contributed by atoms with Gasteiger partial charge in [-0.2, -0.15) is 0 Å². The van der Waals surface area contributed by atoms with Gasteiger partial charge in [-0.3, -0.25) is 4.79 Å². The molecule has 84 valence electrons. The van der Waals surface area contributed by atoms with Crippen molar-refractivity contribution < 1.29 is 14.3 Å². The second-order valence-electron chi connectivity index (χ2n) is 4.61. The fraction of sp³-hybridized carbons (Fsp3) is 0.636. The van der Waals surface area contributed by atoms with E-state index in [1.165, 1.54) is 6.08 Å². The molecule has 0 atom stereocenters. The number of aldehydes is 1. The molecule has 1 aliphatic heterocycles. The van der Waals surface area contributed by atoms with Gasteiger partial charge in [0.2, 0.25) is 0 Å². The molecule has 4 nitrogen and oxygen atoms in total. The van der Waals surface area contributed by atoms with Crippen LogP contribution in [0.4, 0.5) is 4.79 Å². The lowest BCUT2D eigenvalue weighted by atomic mass is 10.2. The molecule has 1 aliphatic rings. The molecule has 0 aromatic heterocycles. The molecule has 0 unspecified atom stereocenters. The molecule has 1 saturated heterocycles. The van der Waals surface area contributed by atoms with Crippen LogP contribution in [0.25, 0.3) is 0 Å². The van der Waals surface area contributed by atoms with Gasteiger partial charge in [-0.05, 0) is 38.8 Å². The first-order valence-electron chi connectivity index (χ1n) is 5.03. The van der Waals surface area contributed by atoms with Gasteiger partial charge in [0.05, 0.1) is 0 Å². The molecule has 1 rings (SSSR count). The number of hydrogen-bond donors (Lipinski definition) is 0. The highest BCUT2D eigenvalue weighted by Gasteiger charge is 2.26. The summed E-state index contributed by atoms with van der Waals surface area (Å²) in [5, 5.41) is 0. The van der Waals surface area contributed by atoms with Crippen LogP contribution in [0.2, 0.25) is 0 Å². The van der Waals surface area contributed by atoms with Crippen LogP contribution >= 0.6 is 0 Å². The summed E-state index contributed by atoms with van der Waals surface area (Å²) >= 11 is 0. The van der Waals surface area contributed by atoms with Crippen LogP contribution in [0.5, 0.6) is 0 Å². The SMILES string of the molecule is CC(C)(C)OC(=O)N1CC/C(=C\C=O)C1. The number of amides is 1. The Bertz CT molecular complexity index is 289. The van der Waals surface area contributed by atoms with E-state index in [0.29, 0.717) is 13.1 Å². The lowest BCUT2D eigenvalue weighted by Gasteiger charge is -2.23. The Balaban J connectivity index is 2.51. The van der Waals surface area contributed by atoms with E-state index < -0.39 is 5.60 Å². The number of nitrogens with zero attached hydrogens (tertiary/aromatic N) is 1. The number of allylic oxidation sites excluding steroid dienone is 1. The Kier molecular flexibility index (Phi) is 3.50. The molecular weight excluding hydrogens is 194 g/mol. The van der Waals surface area contributed by atoms with E-state index in [1.54, 1.807) is 4.90 Å². The van der Waals surface area contributed by atoms with Gasteiger partial charge in [0.25, 0.3) is 0 Å². The zero-order valence-corrected chi connectivity index (χ0v) is 9.45. The van der Waals surface area contributed by atoms with Gasteiger partial charge in [0.1, 0.15) is 11.9 Å². The summed E-state index contributed by atoms with van der Waals surface area (Å²) in [5.41, 5.74) is 0.518.